The molecule has 76 valence electrons. The van der Waals surface area contributed by atoms with Gasteiger partial charge in [-0.1, -0.05) is 0 Å². The average molecular weight is 203 g/mol. The van der Waals surface area contributed by atoms with Crippen molar-refractivity contribution in [3.63, 3.8) is 0 Å². The van der Waals surface area contributed by atoms with E-state index in [4.69, 9.17) is 5.11 Å². The first-order valence-corrected chi connectivity index (χ1v) is 5.40. The van der Waals surface area contributed by atoms with E-state index in [9.17, 15) is 4.79 Å². The molecule has 0 radical (unpaired) electrons. The van der Waals surface area contributed by atoms with Gasteiger partial charge < -0.3 is 10.0 Å². The molecule has 1 amide bonds. The fraction of sp³-hybridized carbons (Fsp3) is 0.889. The van der Waals surface area contributed by atoms with Crippen LogP contribution in [-0.2, 0) is 4.79 Å². The predicted molar refractivity (Wildman–Crippen MR) is 54.9 cm³/mol. The molecule has 1 saturated heterocycles. The summed E-state index contributed by atoms with van der Waals surface area (Å²) in [5.41, 5.74) is 0. The van der Waals surface area contributed by atoms with Crippen LogP contribution in [0.4, 0.5) is 0 Å². The van der Waals surface area contributed by atoms with E-state index in [2.05, 4.69) is 12.6 Å². The zero-order chi connectivity index (χ0) is 9.68. The van der Waals surface area contributed by atoms with Gasteiger partial charge in [0.2, 0.25) is 5.91 Å². The molecule has 0 bridgehead atoms. The highest BCUT2D eigenvalue weighted by Crippen LogP contribution is 2.19. The van der Waals surface area contributed by atoms with Crippen LogP contribution in [0.3, 0.4) is 0 Å². The van der Waals surface area contributed by atoms with Crippen molar-refractivity contribution in [3.05, 3.63) is 0 Å². The van der Waals surface area contributed by atoms with Gasteiger partial charge in [-0.3, -0.25) is 4.79 Å². The number of amides is 1. The molecule has 0 aromatic rings. The third-order valence-corrected chi connectivity index (χ3v) is 2.73. The summed E-state index contributed by atoms with van der Waals surface area (Å²) < 4.78 is 0. The maximum atomic E-state index is 11.4. The van der Waals surface area contributed by atoms with Crippen LogP contribution in [0.15, 0.2) is 0 Å². The predicted octanol–water partition coefficient (Wildman–Crippen LogP) is 0.537. The number of nitrogens with zero attached hydrogens (tertiary/aromatic N) is 1. The summed E-state index contributed by atoms with van der Waals surface area (Å²) in [5.74, 6) is 1.34. The Morgan fingerprint density at radius 3 is 3.00 bits per heavy atom. The molecular weight excluding hydrogens is 186 g/mol. The molecule has 3 nitrogen and oxygen atoms in total. The van der Waals surface area contributed by atoms with Crippen LogP contribution in [0.1, 0.15) is 19.3 Å². The van der Waals surface area contributed by atoms with Crippen LogP contribution in [-0.4, -0.2) is 41.4 Å². The van der Waals surface area contributed by atoms with Crippen molar-refractivity contribution < 1.29 is 9.90 Å². The van der Waals surface area contributed by atoms with Gasteiger partial charge in [0.05, 0.1) is 0 Å². The number of thiol groups is 1. The summed E-state index contributed by atoms with van der Waals surface area (Å²) in [6.07, 6.45) is 2.40. The monoisotopic (exact) mass is 203 g/mol. The van der Waals surface area contributed by atoms with Gasteiger partial charge in [-0.2, -0.15) is 12.6 Å². The summed E-state index contributed by atoms with van der Waals surface area (Å²) in [7, 11) is 0. The molecule has 1 aliphatic heterocycles. The molecule has 1 atom stereocenters. The highest BCUT2D eigenvalue weighted by atomic mass is 32.1. The second-order valence-corrected chi connectivity index (χ2v) is 3.93. The highest BCUT2D eigenvalue weighted by Gasteiger charge is 2.24. The topological polar surface area (TPSA) is 40.5 Å². The highest BCUT2D eigenvalue weighted by molar-refractivity contribution is 7.80. The Labute approximate surface area is 84.5 Å². The van der Waals surface area contributed by atoms with Crippen molar-refractivity contribution in [1.82, 2.24) is 4.90 Å². The Morgan fingerprint density at radius 2 is 2.38 bits per heavy atom. The van der Waals surface area contributed by atoms with Crippen molar-refractivity contribution in [1.29, 1.82) is 0 Å². The third kappa shape index (κ3) is 3.19. The molecule has 4 heteroatoms. The Hall–Kier alpha value is -0.220. The number of likely N-dealkylation sites (tertiary alicyclic amines) is 1. The minimum absolute atomic E-state index is 0.204. The fourth-order valence-electron chi connectivity index (χ4n) is 1.73. The first-order valence-electron chi connectivity index (χ1n) is 4.77. The van der Waals surface area contributed by atoms with E-state index in [0.29, 0.717) is 18.1 Å². The van der Waals surface area contributed by atoms with Gasteiger partial charge in [-0.25, -0.2) is 0 Å². The minimum atomic E-state index is 0.204. The number of rotatable bonds is 4. The van der Waals surface area contributed by atoms with Crippen molar-refractivity contribution in [2.45, 2.75) is 19.3 Å². The van der Waals surface area contributed by atoms with Gasteiger partial charge in [0.15, 0.2) is 0 Å². The van der Waals surface area contributed by atoms with Gasteiger partial charge in [0, 0.05) is 26.1 Å². The maximum Gasteiger partial charge on any atom is 0.223 e. The number of carbonyl (C=O) groups excluding carboxylic acids is 1. The van der Waals surface area contributed by atoms with Crippen LogP contribution >= 0.6 is 12.6 Å². The smallest absolute Gasteiger partial charge is 0.223 e. The largest absolute Gasteiger partial charge is 0.396 e. The van der Waals surface area contributed by atoms with E-state index in [1.807, 2.05) is 4.90 Å². The van der Waals surface area contributed by atoms with Gasteiger partial charge >= 0.3 is 0 Å². The zero-order valence-electron chi connectivity index (χ0n) is 7.78. The molecular formula is C9H17NO2S. The molecule has 1 heterocycles. The summed E-state index contributed by atoms with van der Waals surface area (Å²) in [6.45, 7) is 1.92. The Balaban J connectivity index is 2.27. The standard InChI is InChI=1S/C9H17NO2S/c11-5-2-8-1-4-10(7-8)9(12)3-6-13/h8,11,13H,1-7H2. The number of hydrogen-bond acceptors (Lipinski definition) is 3. The molecule has 0 aliphatic carbocycles. The zero-order valence-corrected chi connectivity index (χ0v) is 8.67. The second kappa shape index (κ2) is 5.50. The molecule has 0 spiro atoms. The summed E-state index contributed by atoms with van der Waals surface area (Å²) >= 11 is 4.03. The van der Waals surface area contributed by atoms with Crippen molar-refractivity contribution >= 4 is 18.5 Å². The van der Waals surface area contributed by atoms with Gasteiger partial charge in [-0.15, -0.1) is 0 Å². The molecule has 0 saturated carbocycles. The number of carbonyl (C=O) groups is 1. The van der Waals surface area contributed by atoms with Crippen LogP contribution < -0.4 is 0 Å². The van der Waals surface area contributed by atoms with E-state index in [-0.39, 0.29) is 12.5 Å². The van der Waals surface area contributed by atoms with Gasteiger partial charge in [0.1, 0.15) is 0 Å². The van der Waals surface area contributed by atoms with Crippen LogP contribution in [0.25, 0.3) is 0 Å². The maximum absolute atomic E-state index is 11.4. The molecule has 1 fully saturated rings. The molecule has 13 heavy (non-hydrogen) atoms. The summed E-state index contributed by atoms with van der Waals surface area (Å²) in [5, 5.41) is 8.74. The Kier molecular flexibility index (Phi) is 4.59. The van der Waals surface area contributed by atoms with E-state index in [0.717, 1.165) is 25.9 Å². The number of hydrogen-bond donors (Lipinski definition) is 2. The summed E-state index contributed by atoms with van der Waals surface area (Å²) in [4.78, 5) is 13.3. The third-order valence-electron chi connectivity index (χ3n) is 2.50. The van der Waals surface area contributed by atoms with Crippen LogP contribution in [0.5, 0.6) is 0 Å². The molecule has 0 aromatic heterocycles. The van der Waals surface area contributed by atoms with Crippen LogP contribution in [0, 0.1) is 5.92 Å². The quantitative estimate of drug-likeness (QED) is 0.655. The van der Waals surface area contributed by atoms with E-state index < -0.39 is 0 Å². The molecule has 1 rings (SSSR count). The van der Waals surface area contributed by atoms with E-state index >= 15 is 0 Å². The van der Waals surface area contributed by atoms with Crippen molar-refractivity contribution in [2.75, 3.05) is 25.4 Å². The number of aliphatic hydroxyl groups excluding tert-OH is 1. The SMILES string of the molecule is O=C(CCS)N1CCC(CCO)C1. The van der Waals surface area contributed by atoms with Gasteiger partial charge in [0.25, 0.3) is 0 Å². The average Bonchev–Trinajstić information content (AvgIpc) is 2.54. The lowest BCUT2D eigenvalue weighted by molar-refractivity contribution is -0.129. The molecule has 1 N–H and O–H groups in total. The van der Waals surface area contributed by atoms with E-state index in [1.165, 1.54) is 0 Å². The van der Waals surface area contributed by atoms with Gasteiger partial charge in [-0.05, 0) is 24.5 Å². The van der Waals surface area contributed by atoms with E-state index in [1.54, 1.807) is 0 Å². The normalized spacial score (nSPS) is 22.3. The van der Waals surface area contributed by atoms with Crippen LogP contribution in [0.2, 0.25) is 0 Å². The first kappa shape index (κ1) is 10.9. The Bertz CT molecular complexity index is 175. The fourth-order valence-corrected chi connectivity index (χ4v) is 1.92. The van der Waals surface area contributed by atoms with Crippen molar-refractivity contribution in [3.8, 4) is 0 Å². The van der Waals surface area contributed by atoms with Crippen molar-refractivity contribution in [2.24, 2.45) is 5.92 Å². The molecule has 0 aromatic carbocycles. The first-order chi connectivity index (χ1) is 6.27. The summed E-state index contributed by atoms with van der Waals surface area (Å²) in [6, 6.07) is 0. The lowest BCUT2D eigenvalue weighted by atomic mass is 10.1. The lowest BCUT2D eigenvalue weighted by Gasteiger charge is -2.15. The second-order valence-electron chi connectivity index (χ2n) is 3.48. The minimum Gasteiger partial charge on any atom is -0.396 e. The molecule has 1 aliphatic rings. The molecule has 1 unspecified atom stereocenters. The number of aliphatic hydroxyl groups is 1. The Morgan fingerprint density at radius 1 is 1.62 bits per heavy atom. The lowest BCUT2D eigenvalue weighted by Crippen LogP contribution is -2.28.